The second-order valence-electron chi connectivity index (χ2n) is 2.96. The zero-order valence-electron chi connectivity index (χ0n) is 8.20. The van der Waals surface area contributed by atoms with E-state index in [0.717, 1.165) is 12.3 Å². The summed E-state index contributed by atoms with van der Waals surface area (Å²) in [6.45, 7) is -0.117. The first-order chi connectivity index (χ1) is 7.13. The van der Waals surface area contributed by atoms with Crippen molar-refractivity contribution >= 4 is 11.6 Å². The van der Waals surface area contributed by atoms with E-state index in [1.165, 1.54) is 13.3 Å². The van der Waals surface area contributed by atoms with Gasteiger partial charge >= 0.3 is 0 Å². The van der Waals surface area contributed by atoms with Crippen LogP contribution in [0.4, 0.5) is 4.39 Å². The highest BCUT2D eigenvalue weighted by Crippen LogP contribution is 2.04. The quantitative estimate of drug-likeness (QED) is 0.538. The van der Waals surface area contributed by atoms with Crippen molar-refractivity contribution in [1.82, 2.24) is 4.98 Å². The number of carbonyl (C=O) groups excluding carboxylic acids is 2. The van der Waals surface area contributed by atoms with Crippen LogP contribution in [0.15, 0.2) is 18.5 Å². The summed E-state index contributed by atoms with van der Waals surface area (Å²) in [7, 11) is 1.37. The van der Waals surface area contributed by atoms with Crippen LogP contribution in [-0.2, 0) is 9.53 Å². The number of carbonyl (C=O) groups is 2. The van der Waals surface area contributed by atoms with Crippen LogP contribution >= 0.6 is 0 Å². The number of Topliss-reactive ketones (excluding diaryl/α,β-unsaturated/α-hetero) is 2. The number of halogens is 1. The van der Waals surface area contributed by atoms with Gasteiger partial charge in [0.2, 0.25) is 0 Å². The molecule has 0 fully saturated rings. The van der Waals surface area contributed by atoms with Gasteiger partial charge in [0.1, 0.15) is 12.4 Å². The predicted molar refractivity (Wildman–Crippen MR) is 50.0 cm³/mol. The van der Waals surface area contributed by atoms with Crippen molar-refractivity contribution in [2.24, 2.45) is 0 Å². The molecule has 0 bridgehead atoms. The van der Waals surface area contributed by atoms with Crippen LogP contribution in [0.25, 0.3) is 0 Å². The Labute approximate surface area is 86.1 Å². The van der Waals surface area contributed by atoms with E-state index >= 15 is 0 Å². The molecule has 0 N–H and O–H groups in total. The Balaban J connectivity index is 2.65. The summed E-state index contributed by atoms with van der Waals surface area (Å²) in [5, 5.41) is 0. The Bertz CT molecular complexity index is 379. The number of aromatic nitrogens is 1. The average molecular weight is 211 g/mol. The number of rotatable bonds is 5. The molecule has 4 nitrogen and oxygen atoms in total. The van der Waals surface area contributed by atoms with E-state index < -0.39 is 11.6 Å². The van der Waals surface area contributed by atoms with Gasteiger partial charge in [-0.05, 0) is 6.07 Å². The minimum Gasteiger partial charge on any atom is -0.377 e. The van der Waals surface area contributed by atoms with E-state index in [1.807, 2.05) is 0 Å². The summed E-state index contributed by atoms with van der Waals surface area (Å²) >= 11 is 0. The number of pyridine rings is 1. The van der Waals surface area contributed by atoms with Crippen LogP contribution in [0.1, 0.15) is 16.8 Å². The Morgan fingerprint density at radius 1 is 1.47 bits per heavy atom. The Morgan fingerprint density at radius 3 is 2.80 bits per heavy atom. The van der Waals surface area contributed by atoms with E-state index in [9.17, 15) is 14.0 Å². The molecule has 15 heavy (non-hydrogen) atoms. The standard InChI is InChI=1S/C10H10FNO3/c1-15-6-9(13)3-10(14)7-2-8(11)5-12-4-7/h2,4-5H,3,6H2,1H3. The van der Waals surface area contributed by atoms with Crippen molar-refractivity contribution in [1.29, 1.82) is 0 Å². The number of methoxy groups -OCH3 is 1. The van der Waals surface area contributed by atoms with Gasteiger partial charge in [0.15, 0.2) is 11.6 Å². The van der Waals surface area contributed by atoms with Gasteiger partial charge in [-0.2, -0.15) is 0 Å². The first-order valence-electron chi connectivity index (χ1n) is 4.28. The Kier molecular flexibility index (Phi) is 4.05. The van der Waals surface area contributed by atoms with Crippen molar-refractivity contribution in [3.63, 3.8) is 0 Å². The molecule has 1 rings (SSSR count). The van der Waals surface area contributed by atoms with Crippen LogP contribution in [0.3, 0.4) is 0 Å². The molecule has 0 radical (unpaired) electrons. The highest BCUT2D eigenvalue weighted by atomic mass is 19.1. The fourth-order valence-electron chi connectivity index (χ4n) is 1.06. The molecule has 1 aromatic rings. The lowest BCUT2D eigenvalue weighted by Gasteiger charge is -1.99. The largest absolute Gasteiger partial charge is 0.377 e. The monoisotopic (exact) mass is 211 g/mol. The molecule has 0 atom stereocenters. The molecule has 0 aliphatic rings. The van der Waals surface area contributed by atoms with E-state index in [2.05, 4.69) is 9.72 Å². The van der Waals surface area contributed by atoms with Crippen molar-refractivity contribution in [2.75, 3.05) is 13.7 Å². The van der Waals surface area contributed by atoms with E-state index in [1.54, 1.807) is 0 Å². The predicted octanol–water partition coefficient (Wildman–Crippen LogP) is 1.01. The van der Waals surface area contributed by atoms with E-state index in [0.29, 0.717) is 0 Å². The molecule has 0 unspecified atom stereocenters. The highest BCUT2D eigenvalue weighted by molar-refractivity contribution is 6.08. The van der Waals surface area contributed by atoms with Crippen molar-refractivity contribution < 1.29 is 18.7 Å². The lowest BCUT2D eigenvalue weighted by molar-refractivity contribution is -0.121. The van der Waals surface area contributed by atoms with Crippen LogP contribution in [0.2, 0.25) is 0 Å². The average Bonchev–Trinajstić information content (AvgIpc) is 2.18. The van der Waals surface area contributed by atoms with Crippen LogP contribution in [0.5, 0.6) is 0 Å². The fourth-order valence-corrected chi connectivity index (χ4v) is 1.06. The maximum absolute atomic E-state index is 12.7. The minimum absolute atomic E-state index is 0.0967. The fraction of sp³-hybridized carbons (Fsp3) is 0.300. The molecule has 1 heterocycles. The molecule has 0 saturated carbocycles. The number of ether oxygens (including phenoxy) is 1. The second kappa shape index (κ2) is 5.31. The zero-order valence-corrected chi connectivity index (χ0v) is 8.20. The SMILES string of the molecule is COCC(=O)CC(=O)c1cncc(F)c1. The molecule has 0 aromatic carbocycles. The maximum atomic E-state index is 12.7. The minimum atomic E-state index is -0.597. The molecule has 1 aromatic heterocycles. The third-order valence-electron chi connectivity index (χ3n) is 1.69. The van der Waals surface area contributed by atoms with Gasteiger partial charge in [-0.1, -0.05) is 0 Å². The summed E-state index contributed by atoms with van der Waals surface area (Å²) < 4.78 is 17.3. The van der Waals surface area contributed by atoms with Crippen LogP contribution < -0.4 is 0 Å². The van der Waals surface area contributed by atoms with Gasteiger partial charge in [0.25, 0.3) is 0 Å². The van der Waals surface area contributed by atoms with Crippen LogP contribution in [0, 0.1) is 5.82 Å². The summed E-state index contributed by atoms with van der Waals surface area (Å²) in [6.07, 6.45) is 1.93. The van der Waals surface area contributed by atoms with Gasteiger partial charge in [0.05, 0.1) is 12.6 Å². The van der Waals surface area contributed by atoms with Gasteiger partial charge in [-0.25, -0.2) is 4.39 Å². The maximum Gasteiger partial charge on any atom is 0.171 e. The number of hydrogen-bond donors (Lipinski definition) is 0. The smallest absolute Gasteiger partial charge is 0.171 e. The van der Waals surface area contributed by atoms with E-state index in [4.69, 9.17) is 0 Å². The van der Waals surface area contributed by atoms with Gasteiger partial charge in [-0.15, -0.1) is 0 Å². The normalized spacial score (nSPS) is 10.0. The number of ketones is 2. The van der Waals surface area contributed by atoms with Crippen LogP contribution in [-0.4, -0.2) is 30.3 Å². The molecule has 5 heteroatoms. The van der Waals surface area contributed by atoms with Gasteiger partial charge in [-0.3, -0.25) is 14.6 Å². The molecule has 0 spiro atoms. The van der Waals surface area contributed by atoms with Crippen molar-refractivity contribution in [2.45, 2.75) is 6.42 Å². The van der Waals surface area contributed by atoms with Gasteiger partial charge < -0.3 is 4.74 Å². The first kappa shape index (κ1) is 11.5. The number of hydrogen-bond acceptors (Lipinski definition) is 4. The topological polar surface area (TPSA) is 56.3 Å². The third kappa shape index (κ3) is 3.55. The molecule has 0 saturated heterocycles. The summed E-state index contributed by atoms with van der Waals surface area (Å²) in [5.74, 6) is -1.39. The summed E-state index contributed by atoms with van der Waals surface area (Å²) in [4.78, 5) is 26.0. The lowest BCUT2D eigenvalue weighted by Crippen LogP contribution is -2.13. The summed E-state index contributed by atoms with van der Waals surface area (Å²) in [5.41, 5.74) is 0.0967. The third-order valence-corrected chi connectivity index (χ3v) is 1.69. The van der Waals surface area contributed by atoms with Crippen molar-refractivity contribution in [3.05, 3.63) is 29.8 Å². The molecule has 0 amide bonds. The molecular weight excluding hydrogens is 201 g/mol. The molecule has 0 aliphatic carbocycles. The second-order valence-corrected chi connectivity index (χ2v) is 2.96. The summed E-state index contributed by atoms with van der Waals surface area (Å²) in [6, 6.07) is 1.05. The highest BCUT2D eigenvalue weighted by Gasteiger charge is 2.12. The molecule has 0 aliphatic heterocycles. The van der Waals surface area contributed by atoms with Crippen molar-refractivity contribution in [3.8, 4) is 0 Å². The first-order valence-corrected chi connectivity index (χ1v) is 4.28. The lowest BCUT2D eigenvalue weighted by atomic mass is 10.1. The van der Waals surface area contributed by atoms with Gasteiger partial charge in [0, 0.05) is 18.9 Å². The van der Waals surface area contributed by atoms with E-state index in [-0.39, 0.29) is 24.4 Å². The Hall–Kier alpha value is -1.62. The number of nitrogens with zero attached hydrogens (tertiary/aromatic N) is 1. The molecular formula is C10H10FNO3. The Morgan fingerprint density at radius 2 is 2.20 bits per heavy atom. The molecule has 80 valence electrons. The zero-order chi connectivity index (χ0) is 11.3.